The van der Waals surface area contributed by atoms with E-state index in [1.165, 1.54) is 0 Å². The molecule has 0 fully saturated rings. The van der Waals surface area contributed by atoms with Crippen LogP contribution in [0.3, 0.4) is 0 Å². The number of hydrogen-bond donors (Lipinski definition) is 0. The average molecular weight is 1610 g/mol. The van der Waals surface area contributed by atoms with Crippen LogP contribution in [0.4, 0.5) is 154 Å². The van der Waals surface area contributed by atoms with Gasteiger partial charge in [0.15, 0.2) is 0 Å². The van der Waals surface area contributed by atoms with Crippen molar-refractivity contribution in [2.45, 2.75) is 0 Å². The van der Waals surface area contributed by atoms with E-state index in [9.17, 15) is 0 Å². The Morgan fingerprint density at radius 2 is 0.341 bits per heavy atom. The molecule has 588 valence electrons. The summed E-state index contributed by atoms with van der Waals surface area (Å²) in [7, 11) is 0. The number of nitrogens with zero attached hydrogens (tertiary/aromatic N) is 15. The quantitative estimate of drug-likeness (QED) is 0.0909. The fourth-order valence-corrected chi connectivity index (χ4v) is 20.4. The number of pyridine rings is 6. The summed E-state index contributed by atoms with van der Waals surface area (Å²) in [4.78, 5) is 54.1. The van der Waals surface area contributed by atoms with Crippen LogP contribution in [-0.2, 0) is 0 Å². The number of hydrogen-bond acceptors (Lipinski definition) is 15. The van der Waals surface area contributed by atoms with Gasteiger partial charge in [-0.2, -0.15) is 0 Å². The highest BCUT2D eigenvalue weighted by molar-refractivity contribution is 7.04. The predicted octanol–water partition coefficient (Wildman–Crippen LogP) is 20.7. The Hall–Kier alpha value is -16.8. The largest absolute Gasteiger partial charge is 0.310 e. The smallest absolute Gasteiger partial charge is 0.252 e. The molecule has 19 aromatic rings. The summed E-state index contributed by atoms with van der Waals surface area (Å²) < 4.78 is 0. The van der Waals surface area contributed by atoms with Crippen molar-refractivity contribution >= 4 is 224 Å². The number of para-hydroxylation sites is 8. The zero-order valence-corrected chi connectivity index (χ0v) is 68.0. The number of aromatic nitrogens is 6. The van der Waals surface area contributed by atoms with Crippen LogP contribution in [0.5, 0.6) is 0 Å². The highest BCUT2D eigenvalue weighted by Crippen LogP contribution is 2.55. The zero-order chi connectivity index (χ0) is 82.9. The SMILES string of the molecule is c1ccc(N(c2ccccc2)c2cc3c4c(c2)N(c2ccccn2)c2cc5c(cc2B4c2ccccc2N3c2ccccn2)B2c3cc4c(cc3N(c3ccccn3)c3cc(N(c6ccccc6)c6ccccc6)cc(c32)N5c2ccccn2)N(c2ccccn2)c2cc(N(c3ccccc3)c3ccccc3)cc3c2B4c2ccccc2N3c2ccccn2)cc1. The fourth-order valence-electron chi connectivity index (χ4n) is 20.4. The molecule has 0 radical (unpaired) electrons. The highest BCUT2D eigenvalue weighted by Gasteiger charge is 2.52. The summed E-state index contributed by atoms with van der Waals surface area (Å²) in [6.45, 7) is -1.21. The van der Waals surface area contributed by atoms with Crippen LogP contribution in [0.2, 0.25) is 0 Å². The van der Waals surface area contributed by atoms with E-state index in [-0.39, 0.29) is 13.4 Å². The third-order valence-corrected chi connectivity index (χ3v) is 25.3. The van der Waals surface area contributed by atoms with E-state index in [1.54, 1.807) is 0 Å². The molecule has 13 aromatic carbocycles. The van der Waals surface area contributed by atoms with Gasteiger partial charge in [-0.15, -0.1) is 0 Å². The first-order valence-electron chi connectivity index (χ1n) is 42.7. The third kappa shape index (κ3) is 11.4. The lowest BCUT2D eigenvalue weighted by Crippen LogP contribution is -2.67. The summed E-state index contributed by atoms with van der Waals surface area (Å²) >= 11 is 0. The lowest BCUT2D eigenvalue weighted by Gasteiger charge is -2.48. The Labute approximate surface area is 730 Å². The molecule has 0 spiro atoms. The Kier molecular flexibility index (Phi) is 16.9. The minimum Gasteiger partial charge on any atom is -0.310 e. The van der Waals surface area contributed by atoms with Gasteiger partial charge in [-0.3, -0.25) is 29.4 Å². The molecule has 25 rings (SSSR count). The first kappa shape index (κ1) is 72.0. The molecule has 0 N–H and O–H groups in total. The molecule has 126 heavy (non-hydrogen) atoms. The number of rotatable bonds is 15. The van der Waals surface area contributed by atoms with E-state index in [2.05, 4.69) is 408 Å². The monoisotopic (exact) mass is 1610 g/mol. The van der Waals surface area contributed by atoms with Crippen molar-refractivity contribution in [1.82, 2.24) is 29.9 Å². The Morgan fingerprint density at radius 1 is 0.151 bits per heavy atom. The van der Waals surface area contributed by atoms with E-state index < -0.39 is 6.71 Å². The Balaban J connectivity index is 0.821. The number of anilines is 27. The number of fused-ring (bicyclic) bond motifs is 12. The maximum absolute atomic E-state index is 5.52. The summed E-state index contributed by atoms with van der Waals surface area (Å²) in [5.41, 5.74) is 30.6. The third-order valence-electron chi connectivity index (χ3n) is 25.3. The molecular formula is C108H72B3N15. The van der Waals surface area contributed by atoms with Gasteiger partial charge in [0.1, 0.15) is 34.9 Å². The van der Waals surface area contributed by atoms with Crippen LogP contribution in [-0.4, -0.2) is 50.0 Å². The summed E-state index contributed by atoms with van der Waals surface area (Å²) in [5, 5.41) is 0. The molecule has 12 heterocycles. The van der Waals surface area contributed by atoms with Crippen molar-refractivity contribution in [3.63, 3.8) is 0 Å². The molecule has 18 heteroatoms. The predicted molar refractivity (Wildman–Crippen MR) is 519 cm³/mol. The topological polar surface area (TPSA) is 106 Å². The van der Waals surface area contributed by atoms with Crippen LogP contribution in [0, 0.1) is 0 Å². The molecule has 6 aliphatic rings. The molecule has 0 unspecified atom stereocenters. The molecule has 0 saturated carbocycles. The summed E-state index contributed by atoms with van der Waals surface area (Å²) in [6.07, 6.45) is 11.5. The van der Waals surface area contributed by atoms with E-state index >= 15 is 0 Å². The van der Waals surface area contributed by atoms with Gasteiger partial charge in [-0.25, -0.2) is 29.9 Å². The van der Waals surface area contributed by atoms with Gasteiger partial charge in [0.2, 0.25) is 0 Å². The van der Waals surface area contributed by atoms with E-state index in [0.29, 0.717) is 0 Å². The fraction of sp³-hybridized carbons (Fsp3) is 0. The van der Waals surface area contributed by atoms with E-state index in [0.717, 1.165) is 204 Å². The van der Waals surface area contributed by atoms with E-state index in [1.807, 2.05) is 73.6 Å². The average Bonchev–Trinajstić information content (AvgIpc) is 0.676. The van der Waals surface area contributed by atoms with Gasteiger partial charge in [-0.05, 0) is 255 Å². The van der Waals surface area contributed by atoms with Gasteiger partial charge in [-0.1, -0.05) is 194 Å². The summed E-state index contributed by atoms with van der Waals surface area (Å²) in [5.74, 6) is 4.59. The van der Waals surface area contributed by atoms with Crippen molar-refractivity contribution in [2.75, 3.05) is 44.1 Å². The van der Waals surface area contributed by atoms with Crippen molar-refractivity contribution in [3.8, 4) is 0 Å². The van der Waals surface area contributed by atoms with Crippen LogP contribution >= 0.6 is 0 Å². The standard InChI is InChI=1S/C108H72B3N15/c1-7-35-73(36-8-1)118(74-37-9-2-10-38-74)79-63-94-106-96(65-79)123(102-53-25-31-59-114-102)90-71-92-86(69-84(90)109(106)82-47-19-21-49-88(82)121(94)100-51-23-29-57-112-100)111-87-70-85-91(72-93(87)126(105-56-28-34-62-117-105)99-68-81(67-98(108(99)111)125(92)104-55-27-33-61-116-104)120(77-43-15-5-16-44-77)78-45-17-6-18-46-78)124(103-54-26-32-60-115-103)97-66-80(119(75-39-11-3-12-40-75)76-41-13-4-14-42-76)64-95-107(97)110(85)83-48-20-22-50-89(83)122(95)101-52-24-30-58-113-101/h1-72H. The van der Waals surface area contributed by atoms with Crippen LogP contribution in [0.15, 0.2) is 438 Å². The van der Waals surface area contributed by atoms with Gasteiger partial charge < -0.3 is 14.7 Å². The molecule has 0 amide bonds. The van der Waals surface area contributed by atoms with Crippen LogP contribution in [0.1, 0.15) is 0 Å². The Bertz CT molecular complexity index is 6890. The van der Waals surface area contributed by atoms with Gasteiger partial charge in [0, 0.05) is 140 Å². The normalized spacial score (nSPS) is 13.1. The van der Waals surface area contributed by atoms with Crippen molar-refractivity contribution in [2.24, 2.45) is 0 Å². The maximum atomic E-state index is 5.52. The first-order chi connectivity index (χ1) is 62.6. The van der Waals surface area contributed by atoms with Crippen LogP contribution in [0.25, 0.3) is 0 Å². The zero-order valence-electron chi connectivity index (χ0n) is 68.0. The highest BCUT2D eigenvalue weighted by atomic mass is 15.3. The van der Waals surface area contributed by atoms with Gasteiger partial charge >= 0.3 is 0 Å². The van der Waals surface area contributed by atoms with Crippen molar-refractivity contribution in [3.05, 3.63) is 438 Å². The molecular weight excluding hydrogens is 1540 g/mol. The van der Waals surface area contributed by atoms with Gasteiger partial charge in [0.05, 0.1) is 17.1 Å². The lowest BCUT2D eigenvalue weighted by molar-refractivity contribution is 1.14. The molecule has 0 aliphatic carbocycles. The second-order valence-electron chi connectivity index (χ2n) is 32.2. The van der Waals surface area contributed by atoms with Gasteiger partial charge in [0.25, 0.3) is 20.1 Å². The lowest BCUT2D eigenvalue weighted by atomic mass is 9.29. The minimum atomic E-state index is -0.493. The molecule has 6 aliphatic heterocycles. The maximum Gasteiger partial charge on any atom is 0.252 e. The van der Waals surface area contributed by atoms with Crippen molar-refractivity contribution < 1.29 is 0 Å². The molecule has 15 nitrogen and oxygen atoms in total. The van der Waals surface area contributed by atoms with Crippen molar-refractivity contribution in [1.29, 1.82) is 0 Å². The van der Waals surface area contributed by atoms with Crippen LogP contribution < -0.4 is 93.3 Å². The molecule has 0 bridgehead atoms. The minimum absolute atomic E-state index is 0.358. The molecule has 6 aromatic heterocycles. The molecule has 0 saturated heterocycles. The second-order valence-corrected chi connectivity index (χ2v) is 32.2. The first-order valence-corrected chi connectivity index (χ1v) is 42.7. The van der Waals surface area contributed by atoms with E-state index in [4.69, 9.17) is 29.9 Å². The molecule has 0 atom stereocenters. The second kappa shape index (κ2) is 29.5. The summed E-state index contributed by atoms with van der Waals surface area (Å²) in [6, 6.07) is 144. The Morgan fingerprint density at radius 3 is 0.556 bits per heavy atom. The number of benzene rings is 13.